The van der Waals surface area contributed by atoms with Crippen molar-refractivity contribution in [1.29, 1.82) is 5.26 Å². The number of thioether (sulfide) groups is 1. The zero-order valence-electron chi connectivity index (χ0n) is 9.71. The van der Waals surface area contributed by atoms with Gasteiger partial charge >= 0.3 is 5.97 Å². The first kappa shape index (κ1) is 14.1. The van der Waals surface area contributed by atoms with E-state index in [2.05, 4.69) is 5.32 Å². The minimum atomic E-state index is -1.09. The highest BCUT2D eigenvalue weighted by atomic mass is 32.2. The van der Waals surface area contributed by atoms with E-state index < -0.39 is 17.9 Å². The molecule has 0 fully saturated rings. The van der Waals surface area contributed by atoms with Crippen LogP contribution >= 0.6 is 11.8 Å². The smallest absolute Gasteiger partial charge is 0.327 e. The molecule has 0 aromatic heterocycles. The Kier molecular flexibility index (Phi) is 5.21. The molecule has 0 bridgehead atoms. The number of benzene rings is 1. The van der Waals surface area contributed by atoms with Gasteiger partial charge in [-0.05, 0) is 12.1 Å². The lowest BCUT2D eigenvalue weighted by Crippen LogP contribution is -2.41. The van der Waals surface area contributed by atoms with E-state index in [0.29, 0.717) is 10.5 Å². The fraction of sp³-hybridized carbons (Fsp3) is 0.250. The number of amides is 1. The molecule has 1 amide bonds. The fourth-order valence-corrected chi connectivity index (χ4v) is 2.29. The minimum Gasteiger partial charge on any atom is -0.480 e. The Hall–Kier alpha value is -2.00. The van der Waals surface area contributed by atoms with E-state index in [0.717, 1.165) is 0 Å². The molecule has 0 saturated heterocycles. The third-order valence-corrected chi connectivity index (χ3v) is 3.26. The van der Waals surface area contributed by atoms with Gasteiger partial charge in [0, 0.05) is 17.6 Å². The number of carbonyl (C=O) groups excluding carboxylic acids is 1. The van der Waals surface area contributed by atoms with Crippen LogP contribution in [0.25, 0.3) is 0 Å². The molecule has 94 valence electrons. The van der Waals surface area contributed by atoms with Crippen molar-refractivity contribution in [2.45, 2.75) is 17.9 Å². The highest BCUT2D eigenvalue weighted by Crippen LogP contribution is 2.22. The molecule has 5 nitrogen and oxygen atoms in total. The largest absolute Gasteiger partial charge is 0.480 e. The van der Waals surface area contributed by atoms with Gasteiger partial charge in [0.2, 0.25) is 5.91 Å². The quantitative estimate of drug-likeness (QED) is 0.781. The Bertz CT molecular complexity index is 496. The summed E-state index contributed by atoms with van der Waals surface area (Å²) in [6, 6.07) is 8.00. The number of nitriles is 1. The standard InChI is InChI=1S/C12H12N2O3S/c1-8(15)14-10(12(16)17)7-18-11-5-3-2-4-9(11)6-13/h2-5,10H,7H2,1H3,(H,14,15)(H,16,17). The number of carbonyl (C=O) groups is 2. The van der Waals surface area contributed by atoms with Crippen molar-refractivity contribution in [1.82, 2.24) is 5.32 Å². The molecule has 0 saturated carbocycles. The van der Waals surface area contributed by atoms with Gasteiger partial charge in [0.1, 0.15) is 12.1 Å². The lowest BCUT2D eigenvalue weighted by atomic mass is 10.2. The molecule has 0 aliphatic heterocycles. The summed E-state index contributed by atoms with van der Waals surface area (Å²) in [5, 5.41) is 20.2. The van der Waals surface area contributed by atoms with Crippen LogP contribution in [0.3, 0.4) is 0 Å². The first-order valence-electron chi connectivity index (χ1n) is 5.16. The van der Waals surface area contributed by atoms with Crippen molar-refractivity contribution in [3.8, 4) is 6.07 Å². The summed E-state index contributed by atoms with van der Waals surface area (Å²) in [6.45, 7) is 1.27. The van der Waals surface area contributed by atoms with Crippen molar-refractivity contribution in [3.63, 3.8) is 0 Å². The van der Waals surface area contributed by atoms with Gasteiger partial charge < -0.3 is 10.4 Å². The molecule has 0 heterocycles. The van der Waals surface area contributed by atoms with Crippen LogP contribution in [0.2, 0.25) is 0 Å². The molecule has 0 radical (unpaired) electrons. The third kappa shape index (κ3) is 4.11. The molecule has 0 aliphatic rings. The average molecular weight is 264 g/mol. The van der Waals surface area contributed by atoms with Crippen LogP contribution in [0.4, 0.5) is 0 Å². The van der Waals surface area contributed by atoms with Gasteiger partial charge in [-0.3, -0.25) is 4.79 Å². The molecule has 18 heavy (non-hydrogen) atoms. The molecular formula is C12H12N2O3S. The van der Waals surface area contributed by atoms with Gasteiger partial charge in [-0.25, -0.2) is 4.79 Å². The molecule has 0 spiro atoms. The maximum absolute atomic E-state index is 10.9. The summed E-state index contributed by atoms with van der Waals surface area (Å²) >= 11 is 1.23. The minimum absolute atomic E-state index is 0.174. The molecule has 1 atom stereocenters. The lowest BCUT2D eigenvalue weighted by Gasteiger charge is -2.13. The lowest BCUT2D eigenvalue weighted by molar-refractivity contribution is -0.140. The van der Waals surface area contributed by atoms with E-state index in [1.807, 2.05) is 6.07 Å². The van der Waals surface area contributed by atoms with Crippen molar-refractivity contribution in [2.75, 3.05) is 5.75 Å². The molecule has 6 heteroatoms. The fourth-order valence-electron chi connectivity index (χ4n) is 1.28. The van der Waals surface area contributed by atoms with Crippen LogP contribution in [0, 0.1) is 11.3 Å². The Morgan fingerprint density at radius 3 is 2.72 bits per heavy atom. The molecule has 1 aromatic rings. The number of hydrogen-bond donors (Lipinski definition) is 2. The maximum Gasteiger partial charge on any atom is 0.327 e. The van der Waals surface area contributed by atoms with E-state index in [4.69, 9.17) is 10.4 Å². The third-order valence-electron chi connectivity index (χ3n) is 2.09. The molecule has 1 rings (SSSR count). The van der Waals surface area contributed by atoms with Crippen molar-refractivity contribution < 1.29 is 14.7 Å². The van der Waals surface area contributed by atoms with Crippen LogP contribution in [0.15, 0.2) is 29.2 Å². The van der Waals surface area contributed by atoms with Gasteiger partial charge in [-0.1, -0.05) is 12.1 Å². The second-order valence-corrected chi connectivity index (χ2v) is 4.57. The zero-order valence-corrected chi connectivity index (χ0v) is 10.5. The highest BCUT2D eigenvalue weighted by Gasteiger charge is 2.18. The summed E-state index contributed by atoms with van der Waals surface area (Å²) in [4.78, 5) is 22.5. The molecular weight excluding hydrogens is 252 g/mol. The first-order valence-corrected chi connectivity index (χ1v) is 6.15. The van der Waals surface area contributed by atoms with Gasteiger partial charge in [-0.15, -0.1) is 11.8 Å². The van der Waals surface area contributed by atoms with Crippen LogP contribution in [0.1, 0.15) is 12.5 Å². The maximum atomic E-state index is 10.9. The Labute approximate surface area is 109 Å². The van der Waals surface area contributed by atoms with E-state index >= 15 is 0 Å². The van der Waals surface area contributed by atoms with E-state index in [1.165, 1.54) is 18.7 Å². The molecule has 0 aliphatic carbocycles. The second-order valence-electron chi connectivity index (χ2n) is 3.51. The van der Waals surface area contributed by atoms with Crippen LogP contribution in [-0.4, -0.2) is 28.8 Å². The average Bonchev–Trinajstić information content (AvgIpc) is 2.34. The summed E-state index contributed by atoms with van der Waals surface area (Å²) in [7, 11) is 0. The SMILES string of the molecule is CC(=O)NC(CSc1ccccc1C#N)C(=O)O. The van der Waals surface area contributed by atoms with Crippen LogP contribution in [-0.2, 0) is 9.59 Å². The van der Waals surface area contributed by atoms with Gasteiger partial charge in [0.25, 0.3) is 0 Å². The Morgan fingerprint density at radius 2 is 2.17 bits per heavy atom. The highest BCUT2D eigenvalue weighted by molar-refractivity contribution is 7.99. The monoisotopic (exact) mass is 264 g/mol. The first-order chi connectivity index (χ1) is 8.54. The predicted molar refractivity (Wildman–Crippen MR) is 67.1 cm³/mol. The van der Waals surface area contributed by atoms with Crippen molar-refractivity contribution >= 4 is 23.6 Å². The summed E-state index contributed by atoms with van der Waals surface area (Å²) in [5.74, 6) is -1.31. The van der Waals surface area contributed by atoms with Crippen LogP contribution in [0.5, 0.6) is 0 Å². The predicted octanol–water partition coefficient (Wildman–Crippen LogP) is 1.24. The zero-order chi connectivity index (χ0) is 13.5. The molecule has 2 N–H and O–H groups in total. The van der Waals surface area contributed by atoms with Gasteiger partial charge in [-0.2, -0.15) is 5.26 Å². The van der Waals surface area contributed by atoms with Crippen LogP contribution < -0.4 is 5.32 Å². The van der Waals surface area contributed by atoms with Gasteiger partial charge in [0.05, 0.1) is 5.56 Å². The summed E-state index contributed by atoms with van der Waals surface area (Å²) in [6.07, 6.45) is 0. The van der Waals surface area contributed by atoms with E-state index in [-0.39, 0.29) is 5.75 Å². The molecule has 1 aromatic carbocycles. The second kappa shape index (κ2) is 6.67. The van der Waals surface area contributed by atoms with Gasteiger partial charge in [0.15, 0.2) is 0 Å². The number of nitrogens with one attached hydrogen (secondary N) is 1. The summed E-state index contributed by atoms with van der Waals surface area (Å²) < 4.78 is 0. The van der Waals surface area contributed by atoms with E-state index in [1.54, 1.807) is 24.3 Å². The Morgan fingerprint density at radius 1 is 1.50 bits per heavy atom. The summed E-state index contributed by atoms with van der Waals surface area (Å²) in [5.41, 5.74) is 0.495. The number of carboxylic acids is 1. The Balaban J connectivity index is 2.70. The molecule has 1 unspecified atom stereocenters. The normalized spacial score (nSPS) is 11.3. The number of rotatable bonds is 5. The van der Waals surface area contributed by atoms with E-state index in [9.17, 15) is 9.59 Å². The van der Waals surface area contributed by atoms with Crippen molar-refractivity contribution in [3.05, 3.63) is 29.8 Å². The number of aliphatic carboxylic acids is 1. The number of carboxylic acid groups (broad SMARTS) is 1. The topological polar surface area (TPSA) is 90.2 Å². The number of nitrogens with zero attached hydrogens (tertiary/aromatic N) is 1. The van der Waals surface area contributed by atoms with Crippen molar-refractivity contribution in [2.24, 2.45) is 0 Å². The number of hydrogen-bond acceptors (Lipinski definition) is 4.